The average Bonchev–Trinajstić information content (AvgIpc) is 2.95. The molecule has 1 aromatic carbocycles. The summed E-state index contributed by atoms with van der Waals surface area (Å²) in [7, 11) is 1.22. The minimum atomic E-state index is -4.63. The fourth-order valence-electron chi connectivity index (χ4n) is 6.25. The lowest BCUT2D eigenvalue weighted by Gasteiger charge is -2.68. The molecule has 1 aromatic heterocycles. The molecular weight excluding hydrogens is 500 g/mol. The van der Waals surface area contributed by atoms with Gasteiger partial charge in [0.05, 0.1) is 23.0 Å². The number of carbonyl (C=O) groups excluding carboxylic acids is 1. The molecule has 3 N–H and O–H groups in total. The summed E-state index contributed by atoms with van der Waals surface area (Å²) >= 11 is 0. The number of halogens is 5. The molecule has 35 heavy (non-hydrogen) atoms. The minimum Gasteiger partial charge on any atom is -0.380 e. The second kappa shape index (κ2) is 8.82. The monoisotopic (exact) mass is 530 g/mol. The highest BCUT2D eigenvalue weighted by atomic mass is 35.5. The highest BCUT2D eigenvalue weighted by Crippen LogP contribution is 2.66. The first-order valence-corrected chi connectivity index (χ1v) is 11.3. The maximum atomic E-state index is 14.0. The molecule has 0 unspecified atom stereocenters. The Morgan fingerprint density at radius 1 is 1.14 bits per heavy atom. The second-order valence-corrected chi connectivity index (χ2v) is 10.8. The Morgan fingerprint density at radius 3 is 2.29 bits per heavy atom. The summed E-state index contributed by atoms with van der Waals surface area (Å²) in [5, 5.41) is 3.45. The number of amides is 1. The van der Waals surface area contributed by atoms with E-state index >= 15 is 0 Å². The number of benzene rings is 1. The molecule has 0 radical (unpaired) electrons. The Kier molecular flexibility index (Phi) is 6.94. The molecule has 2 aromatic rings. The summed E-state index contributed by atoms with van der Waals surface area (Å²) in [5.74, 6) is -0.494. The third-order valence-corrected chi connectivity index (χ3v) is 7.96. The van der Waals surface area contributed by atoms with E-state index in [4.69, 9.17) is 5.73 Å². The third kappa shape index (κ3) is 4.38. The van der Waals surface area contributed by atoms with Crippen molar-refractivity contribution in [2.24, 2.45) is 11.1 Å². The van der Waals surface area contributed by atoms with Crippen LogP contribution in [-0.4, -0.2) is 40.6 Å². The standard InChI is InChI=1S/C25H29F3N4O.2ClH/c1-22(2)17-7-5-4-6-15(17)10-19(22)31-16-8-9-18(30-11-16)20(25(26,27)28)32(3)21(33)23-12-24(29,13-23)14-23;;/h4-9,11,19-20,31H,10,12-14,29H2,1-3H3;2*1H/t19-,20-,23?,24?;;/m0../s1. The van der Waals surface area contributed by atoms with Gasteiger partial charge < -0.3 is 16.0 Å². The fourth-order valence-corrected chi connectivity index (χ4v) is 6.25. The molecule has 192 valence electrons. The van der Waals surface area contributed by atoms with Gasteiger partial charge in [-0.1, -0.05) is 38.1 Å². The van der Waals surface area contributed by atoms with Crippen molar-refractivity contribution in [1.29, 1.82) is 0 Å². The van der Waals surface area contributed by atoms with Gasteiger partial charge in [0, 0.05) is 24.0 Å². The number of alkyl halides is 3. The largest absolute Gasteiger partial charge is 0.414 e. The van der Waals surface area contributed by atoms with E-state index in [9.17, 15) is 18.0 Å². The zero-order valence-corrected chi connectivity index (χ0v) is 21.5. The van der Waals surface area contributed by atoms with Gasteiger partial charge in [-0.25, -0.2) is 0 Å². The molecule has 5 nitrogen and oxygen atoms in total. The summed E-state index contributed by atoms with van der Waals surface area (Å²) in [6.07, 6.45) is -0.985. The Hall–Kier alpha value is -2.03. The molecule has 3 fully saturated rings. The molecule has 10 heteroatoms. The number of nitrogens with two attached hydrogens (primary N) is 1. The van der Waals surface area contributed by atoms with Gasteiger partial charge in [0.25, 0.3) is 0 Å². The van der Waals surface area contributed by atoms with Crippen LogP contribution in [0.3, 0.4) is 0 Å². The average molecular weight is 531 g/mol. The normalized spacial score (nSPS) is 28.3. The highest BCUT2D eigenvalue weighted by Gasteiger charge is 2.71. The smallest absolute Gasteiger partial charge is 0.380 e. The zero-order valence-electron chi connectivity index (χ0n) is 19.9. The van der Waals surface area contributed by atoms with Crippen LogP contribution in [0.4, 0.5) is 18.9 Å². The molecular formula is C25H31Cl2F3N4O. The van der Waals surface area contributed by atoms with E-state index in [0.717, 1.165) is 11.3 Å². The first-order valence-electron chi connectivity index (χ1n) is 11.3. The van der Waals surface area contributed by atoms with Crippen molar-refractivity contribution in [1.82, 2.24) is 9.88 Å². The van der Waals surface area contributed by atoms with Gasteiger partial charge in [0.15, 0.2) is 6.04 Å². The lowest BCUT2D eigenvalue weighted by molar-refractivity contribution is -0.211. The summed E-state index contributed by atoms with van der Waals surface area (Å²) in [5.41, 5.74) is 7.81. The van der Waals surface area contributed by atoms with Crippen LogP contribution >= 0.6 is 24.8 Å². The number of hydrogen-bond acceptors (Lipinski definition) is 4. The van der Waals surface area contributed by atoms with Crippen molar-refractivity contribution < 1.29 is 18.0 Å². The molecule has 4 aliphatic rings. The molecule has 6 rings (SSSR count). The Labute approximate surface area is 215 Å². The van der Waals surface area contributed by atoms with Crippen LogP contribution in [0.5, 0.6) is 0 Å². The van der Waals surface area contributed by atoms with Gasteiger partial charge in [0.2, 0.25) is 5.91 Å². The number of anilines is 1. The van der Waals surface area contributed by atoms with Crippen molar-refractivity contribution >= 4 is 36.4 Å². The first-order chi connectivity index (χ1) is 15.3. The highest BCUT2D eigenvalue weighted by molar-refractivity contribution is 5.87. The number of hydrogen-bond donors (Lipinski definition) is 2. The van der Waals surface area contributed by atoms with Gasteiger partial charge >= 0.3 is 6.18 Å². The summed E-state index contributed by atoms with van der Waals surface area (Å²) in [6, 6.07) is 9.27. The van der Waals surface area contributed by atoms with E-state index in [-0.39, 0.29) is 47.5 Å². The Balaban J connectivity index is 0.00000171. The number of nitrogens with one attached hydrogen (secondary N) is 1. The molecule has 3 saturated carbocycles. The maximum absolute atomic E-state index is 14.0. The van der Waals surface area contributed by atoms with Crippen molar-refractivity contribution in [3.05, 3.63) is 59.4 Å². The summed E-state index contributed by atoms with van der Waals surface area (Å²) in [4.78, 5) is 17.8. The topological polar surface area (TPSA) is 71.2 Å². The van der Waals surface area contributed by atoms with Crippen LogP contribution in [-0.2, 0) is 16.6 Å². The van der Waals surface area contributed by atoms with Gasteiger partial charge in [-0.15, -0.1) is 24.8 Å². The quantitative estimate of drug-likeness (QED) is 0.558. The van der Waals surface area contributed by atoms with Crippen molar-refractivity contribution in [2.75, 3.05) is 12.4 Å². The van der Waals surface area contributed by atoms with E-state index in [1.54, 1.807) is 6.07 Å². The van der Waals surface area contributed by atoms with Crippen molar-refractivity contribution in [2.45, 2.75) is 68.7 Å². The molecule has 2 bridgehead atoms. The van der Waals surface area contributed by atoms with E-state index < -0.39 is 23.5 Å². The summed E-state index contributed by atoms with van der Waals surface area (Å²) in [6.45, 7) is 4.32. The van der Waals surface area contributed by atoms with Crippen LogP contribution in [0.2, 0.25) is 0 Å². The van der Waals surface area contributed by atoms with Crippen LogP contribution in [0.1, 0.15) is 56.0 Å². The number of nitrogens with zero attached hydrogens (tertiary/aromatic N) is 2. The predicted octanol–water partition coefficient (Wildman–Crippen LogP) is 5.18. The SMILES string of the molecule is CN(C(=O)C12CC(N)(C1)C2)[C@@H](c1ccc(N[C@H]2Cc3ccccc3C2(C)C)cn1)C(F)(F)F.Cl.Cl. The number of fused-ring (bicyclic) bond motifs is 1. The lowest BCUT2D eigenvalue weighted by Crippen LogP contribution is -2.76. The molecule has 1 heterocycles. The van der Waals surface area contributed by atoms with Crippen LogP contribution < -0.4 is 11.1 Å². The predicted molar refractivity (Wildman–Crippen MR) is 134 cm³/mol. The zero-order chi connectivity index (χ0) is 23.8. The van der Waals surface area contributed by atoms with E-state index in [1.807, 2.05) is 12.1 Å². The van der Waals surface area contributed by atoms with Crippen molar-refractivity contribution in [3.63, 3.8) is 0 Å². The second-order valence-electron chi connectivity index (χ2n) is 10.8. The maximum Gasteiger partial charge on any atom is 0.414 e. The molecule has 4 aliphatic carbocycles. The van der Waals surface area contributed by atoms with E-state index in [2.05, 4.69) is 36.3 Å². The van der Waals surface area contributed by atoms with Gasteiger partial charge in [-0.3, -0.25) is 9.78 Å². The third-order valence-electron chi connectivity index (χ3n) is 7.96. The number of pyridine rings is 1. The number of aromatic nitrogens is 1. The van der Waals surface area contributed by atoms with Gasteiger partial charge in [0.1, 0.15) is 0 Å². The molecule has 0 aliphatic heterocycles. The van der Waals surface area contributed by atoms with Crippen LogP contribution in [0.15, 0.2) is 42.6 Å². The molecule has 1 amide bonds. The number of rotatable bonds is 5. The lowest BCUT2D eigenvalue weighted by atomic mass is 9.39. The molecule has 2 atom stereocenters. The van der Waals surface area contributed by atoms with E-state index in [1.165, 1.54) is 30.4 Å². The minimum absolute atomic E-state index is 0. The number of carbonyl (C=O) groups is 1. The first kappa shape index (κ1) is 27.6. The van der Waals surface area contributed by atoms with Crippen LogP contribution in [0.25, 0.3) is 0 Å². The van der Waals surface area contributed by atoms with E-state index in [0.29, 0.717) is 24.9 Å². The molecule has 0 spiro atoms. The van der Waals surface area contributed by atoms with Gasteiger partial charge in [-0.05, 0) is 48.9 Å². The van der Waals surface area contributed by atoms with Crippen LogP contribution in [0, 0.1) is 5.41 Å². The molecule has 0 saturated heterocycles. The fraction of sp³-hybridized carbons (Fsp3) is 0.520. The van der Waals surface area contributed by atoms with Crippen molar-refractivity contribution in [3.8, 4) is 0 Å². The Morgan fingerprint density at radius 2 is 1.77 bits per heavy atom. The van der Waals surface area contributed by atoms with Gasteiger partial charge in [-0.2, -0.15) is 13.2 Å². The summed E-state index contributed by atoms with van der Waals surface area (Å²) < 4.78 is 42.1. The Bertz CT molecular complexity index is 1090.